The molecule has 4 aromatic rings. The lowest BCUT2D eigenvalue weighted by Crippen LogP contribution is -2.24. The van der Waals surface area contributed by atoms with Crippen LogP contribution >= 0.6 is 11.3 Å². The van der Waals surface area contributed by atoms with Crippen LogP contribution < -0.4 is 10.9 Å². The molecule has 0 radical (unpaired) electrons. The number of thiazole rings is 1. The van der Waals surface area contributed by atoms with Gasteiger partial charge in [0.15, 0.2) is 5.65 Å². The molecule has 0 aliphatic heterocycles. The Bertz CT molecular complexity index is 1150. The molecule has 0 atom stereocenters. The van der Waals surface area contributed by atoms with Gasteiger partial charge >= 0.3 is 0 Å². The Hall–Kier alpha value is -3.00. The summed E-state index contributed by atoms with van der Waals surface area (Å²) >= 11 is 1.64. The number of hydrogen-bond donors (Lipinski definition) is 2. The van der Waals surface area contributed by atoms with E-state index in [2.05, 4.69) is 42.9 Å². The van der Waals surface area contributed by atoms with Crippen molar-refractivity contribution in [3.8, 4) is 10.6 Å². The van der Waals surface area contributed by atoms with Crippen molar-refractivity contribution in [2.45, 2.75) is 32.7 Å². The molecule has 0 amide bonds. The fourth-order valence-electron chi connectivity index (χ4n) is 2.94. The number of rotatable bonds is 5. The predicted octanol–water partition coefficient (Wildman–Crippen LogP) is 3.65. The SMILES string of the molecule is CC(C)(C)n1ncc2c(=O)[nH]c(NCCc3csc(-c4ccccc4)n3)nc21. The van der Waals surface area contributed by atoms with Gasteiger partial charge in [-0.15, -0.1) is 11.3 Å². The zero-order valence-electron chi connectivity index (χ0n) is 16.1. The lowest BCUT2D eigenvalue weighted by molar-refractivity contribution is 0.366. The third kappa shape index (κ3) is 3.68. The largest absolute Gasteiger partial charge is 0.355 e. The number of H-pyrrole nitrogens is 1. The van der Waals surface area contributed by atoms with Crippen molar-refractivity contribution in [1.29, 1.82) is 0 Å². The zero-order chi connectivity index (χ0) is 19.7. The van der Waals surface area contributed by atoms with E-state index in [4.69, 9.17) is 0 Å². The van der Waals surface area contributed by atoms with Crippen LogP contribution in [0.15, 0.2) is 46.7 Å². The quantitative estimate of drug-likeness (QED) is 0.539. The molecule has 0 saturated heterocycles. The molecular formula is C20H22N6OS. The average Bonchev–Trinajstić information content (AvgIpc) is 3.29. The highest BCUT2D eigenvalue weighted by Crippen LogP contribution is 2.23. The summed E-state index contributed by atoms with van der Waals surface area (Å²) < 4.78 is 1.77. The molecule has 1 aromatic carbocycles. The van der Waals surface area contributed by atoms with Gasteiger partial charge in [-0.25, -0.2) is 9.67 Å². The van der Waals surface area contributed by atoms with Gasteiger partial charge in [-0.3, -0.25) is 9.78 Å². The van der Waals surface area contributed by atoms with E-state index in [1.807, 2.05) is 39.0 Å². The van der Waals surface area contributed by atoms with Crippen molar-refractivity contribution in [1.82, 2.24) is 24.7 Å². The first kappa shape index (κ1) is 18.4. The number of benzene rings is 1. The molecule has 0 bridgehead atoms. The summed E-state index contributed by atoms with van der Waals surface area (Å²) in [5, 5.41) is 11.1. The second-order valence-corrected chi connectivity index (χ2v) is 8.42. The van der Waals surface area contributed by atoms with Crippen molar-refractivity contribution in [3.05, 3.63) is 58.0 Å². The number of hydrogen-bond acceptors (Lipinski definition) is 6. The van der Waals surface area contributed by atoms with Crippen LogP contribution in [0.4, 0.5) is 5.95 Å². The van der Waals surface area contributed by atoms with Crippen LogP contribution in [-0.4, -0.2) is 31.3 Å². The number of nitrogens with zero attached hydrogens (tertiary/aromatic N) is 4. The average molecular weight is 395 g/mol. The molecule has 8 heteroatoms. The summed E-state index contributed by atoms with van der Waals surface area (Å²) in [5.41, 5.74) is 2.27. The standard InChI is InChI=1S/C20H22N6OS/c1-20(2,3)26-16-15(11-22-26)17(27)25-19(24-16)21-10-9-14-12-28-18(23-14)13-7-5-4-6-8-13/h4-8,11-12H,9-10H2,1-3H3,(H2,21,24,25,27). The Labute approximate surface area is 166 Å². The van der Waals surface area contributed by atoms with Gasteiger partial charge in [0.1, 0.15) is 10.4 Å². The van der Waals surface area contributed by atoms with Gasteiger partial charge in [-0.05, 0) is 20.8 Å². The number of aromatic nitrogens is 5. The molecule has 0 fully saturated rings. The predicted molar refractivity (Wildman–Crippen MR) is 113 cm³/mol. The molecule has 28 heavy (non-hydrogen) atoms. The number of fused-ring (bicyclic) bond motifs is 1. The van der Waals surface area contributed by atoms with Crippen molar-refractivity contribution < 1.29 is 0 Å². The van der Waals surface area contributed by atoms with Gasteiger partial charge in [0.05, 0.1) is 17.4 Å². The Morgan fingerprint density at radius 3 is 2.71 bits per heavy atom. The van der Waals surface area contributed by atoms with Crippen LogP contribution in [0.1, 0.15) is 26.5 Å². The maximum atomic E-state index is 12.3. The van der Waals surface area contributed by atoms with Crippen molar-refractivity contribution in [3.63, 3.8) is 0 Å². The monoisotopic (exact) mass is 394 g/mol. The fraction of sp³-hybridized carbons (Fsp3) is 0.300. The molecule has 0 spiro atoms. The van der Waals surface area contributed by atoms with E-state index < -0.39 is 0 Å². The van der Waals surface area contributed by atoms with Gasteiger partial charge in [-0.2, -0.15) is 10.1 Å². The maximum absolute atomic E-state index is 12.3. The van der Waals surface area contributed by atoms with Crippen LogP contribution in [-0.2, 0) is 12.0 Å². The smallest absolute Gasteiger partial charge is 0.263 e. The number of aromatic amines is 1. The van der Waals surface area contributed by atoms with Gasteiger partial charge in [0.2, 0.25) is 5.95 Å². The molecule has 2 N–H and O–H groups in total. The van der Waals surface area contributed by atoms with Gasteiger partial charge < -0.3 is 5.32 Å². The van der Waals surface area contributed by atoms with E-state index in [0.29, 0.717) is 23.5 Å². The Morgan fingerprint density at radius 1 is 1.18 bits per heavy atom. The molecule has 144 valence electrons. The van der Waals surface area contributed by atoms with E-state index in [0.717, 1.165) is 22.7 Å². The lowest BCUT2D eigenvalue weighted by atomic mass is 10.1. The summed E-state index contributed by atoms with van der Waals surface area (Å²) in [5.74, 6) is 0.446. The van der Waals surface area contributed by atoms with Gasteiger partial charge in [0.25, 0.3) is 5.56 Å². The van der Waals surface area contributed by atoms with Crippen LogP contribution in [0.25, 0.3) is 21.6 Å². The molecular weight excluding hydrogens is 372 g/mol. The molecule has 0 saturated carbocycles. The topological polar surface area (TPSA) is 88.5 Å². The summed E-state index contributed by atoms with van der Waals surface area (Å²) in [4.78, 5) is 24.4. The first-order valence-corrected chi connectivity index (χ1v) is 10.0. The number of nitrogens with one attached hydrogen (secondary N) is 2. The summed E-state index contributed by atoms with van der Waals surface area (Å²) in [7, 11) is 0. The van der Waals surface area contributed by atoms with E-state index in [1.165, 1.54) is 0 Å². The van der Waals surface area contributed by atoms with Crippen molar-refractivity contribution in [2.24, 2.45) is 0 Å². The molecule has 0 aliphatic rings. The van der Waals surface area contributed by atoms with Crippen LogP contribution in [0, 0.1) is 0 Å². The van der Waals surface area contributed by atoms with Crippen molar-refractivity contribution >= 4 is 28.3 Å². The van der Waals surface area contributed by atoms with Gasteiger partial charge in [0, 0.05) is 23.9 Å². The van der Waals surface area contributed by atoms with Crippen molar-refractivity contribution in [2.75, 3.05) is 11.9 Å². The normalized spacial score (nSPS) is 11.8. The first-order valence-electron chi connectivity index (χ1n) is 9.14. The fourth-order valence-corrected chi connectivity index (χ4v) is 3.80. The summed E-state index contributed by atoms with van der Waals surface area (Å²) in [6, 6.07) is 10.1. The minimum absolute atomic E-state index is 0.192. The second-order valence-electron chi connectivity index (χ2n) is 7.57. The molecule has 4 rings (SSSR count). The highest BCUT2D eigenvalue weighted by atomic mass is 32.1. The van der Waals surface area contributed by atoms with Crippen LogP contribution in [0.2, 0.25) is 0 Å². The highest BCUT2D eigenvalue weighted by Gasteiger charge is 2.19. The third-order valence-corrected chi connectivity index (χ3v) is 5.26. The molecule has 0 aliphatic carbocycles. The van der Waals surface area contributed by atoms with E-state index >= 15 is 0 Å². The molecule has 7 nitrogen and oxygen atoms in total. The zero-order valence-corrected chi connectivity index (χ0v) is 16.9. The Kier molecular flexibility index (Phi) is 4.72. The van der Waals surface area contributed by atoms with E-state index in [9.17, 15) is 4.79 Å². The van der Waals surface area contributed by atoms with Crippen LogP contribution in [0.5, 0.6) is 0 Å². The highest BCUT2D eigenvalue weighted by molar-refractivity contribution is 7.13. The minimum Gasteiger partial charge on any atom is -0.355 e. The third-order valence-electron chi connectivity index (χ3n) is 4.32. The summed E-state index contributed by atoms with van der Waals surface area (Å²) in [6.07, 6.45) is 2.31. The Balaban J connectivity index is 1.48. The lowest BCUT2D eigenvalue weighted by Gasteiger charge is -2.19. The summed E-state index contributed by atoms with van der Waals surface area (Å²) in [6.45, 7) is 6.71. The van der Waals surface area contributed by atoms with E-state index in [1.54, 1.807) is 22.2 Å². The molecule has 0 unspecified atom stereocenters. The number of anilines is 1. The minimum atomic E-state index is -0.256. The second kappa shape index (κ2) is 7.20. The first-order chi connectivity index (χ1) is 13.4. The van der Waals surface area contributed by atoms with E-state index in [-0.39, 0.29) is 11.1 Å². The molecule has 3 aromatic heterocycles. The van der Waals surface area contributed by atoms with Crippen LogP contribution in [0.3, 0.4) is 0 Å². The molecule has 3 heterocycles. The Morgan fingerprint density at radius 2 is 1.96 bits per heavy atom. The van der Waals surface area contributed by atoms with Gasteiger partial charge in [-0.1, -0.05) is 30.3 Å². The maximum Gasteiger partial charge on any atom is 0.263 e.